The van der Waals surface area contributed by atoms with Crippen LogP contribution in [0.1, 0.15) is 5.56 Å². The average molecular weight is 655 g/mol. The predicted molar refractivity (Wildman–Crippen MR) is 162 cm³/mol. The van der Waals surface area contributed by atoms with Crippen LogP contribution in [0.5, 0.6) is 40.2 Å². The average Bonchev–Trinajstić information content (AvgIpc) is 3.05. The molecule has 2 heterocycles. The van der Waals surface area contributed by atoms with Crippen molar-refractivity contribution in [3.63, 3.8) is 0 Å². The summed E-state index contributed by atoms with van der Waals surface area (Å²) in [5.74, 6) is -7.74. The van der Waals surface area contributed by atoms with Crippen LogP contribution in [-0.4, -0.2) is 97.7 Å². The van der Waals surface area contributed by atoms with Gasteiger partial charge in [-0.1, -0.05) is 18.2 Å². The van der Waals surface area contributed by atoms with Crippen LogP contribution in [0.3, 0.4) is 0 Å². The lowest BCUT2D eigenvalue weighted by molar-refractivity contribution is -0.319. The van der Waals surface area contributed by atoms with Crippen molar-refractivity contribution in [1.29, 1.82) is 0 Å². The number of hydrogen-bond acceptors (Lipinski definition) is 15. The van der Waals surface area contributed by atoms with E-state index in [0.717, 1.165) is 18.2 Å². The zero-order valence-corrected chi connectivity index (χ0v) is 24.7. The molecule has 248 valence electrons. The molecule has 1 aliphatic heterocycles. The highest BCUT2D eigenvalue weighted by atomic mass is 16.7. The summed E-state index contributed by atoms with van der Waals surface area (Å²) >= 11 is 0. The Morgan fingerprint density at radius 1 is 0.915 bits per heavy atom. The van der Waals surface area contributed by atoms with E-state index in [2.05, 4.69) is 0 Å². The maximum absolute atomic E-state index is 14.1. The van der Waals surface area contributed by atoms with E-state index in [1.807, 2.05) is 0 Å². The van der Waals surface area contributed by atoms with Crippen molar-refractivity contribution in [3.05, 3.63) is 70.4 Å². The predicted octanol–water partition coefficient (Wildman–Crippen LogP) is 1.13. The molecule has 5 rings (SSSR count). The Hall–Kier alpha value is -5.32. The lowest BCUT2D eigenvalue weighted by Crippen LogP contribution is -2.70. The van der Waals surface area contributed by atoms with Gasteiger partial charge in [-0.15, -0.1) is 0 Å². The number of carbonyl (C=O) groups is 1. The number of fused-ring (bicyclic) bond motifs is 1. The molecule has 0 radical (unpaired) electrons. The Kier molecular flexibility index (Phi) is 9.02. The van der Waals surface area contributed by atoms with Crippen LogP contribution < -0.4 is 19.6 Å². The molecule has 3 aromatic carbocycles. The van der Waals surface area contributed by atoms with Gasteiger partial charge in [0.2, 0.25) is 22.7 Å². The summed E-state index contributed by atoms with van der Waals surface area (Å²) in [5, 5.41) is 82.7. The van der Waals surface area contributed by atoms with E-state index in [1.54, 1.807) is 0 Å². The van der Waals surface area contributed by atoms with Crippen LogP contribution in [0.15, 0.2) is 63.8 Å². The van der Waals surface area contributed by atoms with Gasteiger partial charge in [0.05, 0.1) is 20.8 Å². The van der Waals surface area contributed by atoms with Crippen molar-refractivity contribution < 1.29 is 69.0 Å². The number of aromatic hydroxyl groups is 4. The summed E-state index contributed by atoms with van der Waals surface area (Å²) < 4.78 is 27.9. The molecule has 47 heavy (non-hydrogen) atoms. The molecule has 1 fully saturated rings. The molecule has 1 aromatic heterocycles. The van der Waals surface area contributed by atoms with Gasteiger partial charge in [0.25, 0.3) is 0 Å². The van der Waals surface area contributed by atoms with Gasteiger partial charge in [-0.25, -0.2) is 0 Å². The van der Waals surface area contributed by atoms with E-state index >= 15 is 0 Å². The van der Waals surface area contributed by atoms with Crippen molar-refractivity contribution in [3.8, 4) is 51.6 Å². The first-order valence-corrected chi connectivity index (χ1v) is 13.9. The molecular weight excluding hydrogens is 624 g/mol. The van der Waals surface area contributed by atoms with E-state index in [-0.39, 0.29) is 28.4 Å². The van der Waals surface area contributed by atoms with Crippen molar-refractivity contribution in [2.75, 3.05) is 20.8 Å². The Bertz CT molecular complexity index is 1870. The van der Waals surface area contributed by atoms with Gasteiger partial charge in [-0.05, 0) is 35.9 Å². The highest BCUT2D eigenvalue weighted by Crippen LogP contribution is 2.45. The van der Waals surface area contributed by atoms with Crippen LogP contribution in [0.25, 0.3) is 28.4 Å². The molecule has 0 saturated carbocycles. The van der Waals surface area contributed by atoms with Crippen LogP contribution in [-0.2, 0) is 9.53 Å². The number of benzene rings is 3. The fraction of sp³-hybridized carbons (Fsp3) is 0.250. The third kappa shape index (κ3) is 5.89. The summed E-state index contributed by atoms with van der Waals surface area (Å²) in [7, 11) is 2.45. The monoisotopic (exact) mass is 654 g/mol. The zero-order valence-electron chi connectivity index (χ0n) is 24.7. The maximum Gasteiger partial charge on any atom is 0.304 e. The number of phenols is 4. The second-order valence-electron chi connectivity index (χ2n) is 10.5. The Morgan fingerprint density at radius 2 is 1.55 bits per heavy atom. The lowest BCUT2D eigenvalue weighted by Gasteiger charge is -2.46. The minimum atomic E-state index is -3.05. The molecular formula is C32H30O15. The number of ether oxygens (including phenoxy) is 4. The van der Waals surface area contributed by atoms with Gasteiger partial charge in [0.15, 0.2) is 23.4 Å². The van der Waals surface area contributed by atoms with Crippen molar-refractivity contribution >= 4 is 22.8 Å². The molecule has 0 aliphatic carbocycles. The fourth-order valence-corrected chi connectivity index (χ4v) is 5.08. The molecule has 15 nitrogen and oxygen atoms in total. The molecule has 0 spiro atoms. The molecule has 1 aliphatic rings. The number of ketones is 1. The van der Waals surface area contributed by atoms with Gasteiger partial charge in [0, 0.05) is 17.7 Å². The summed E-state index contributed by atoms with van der Waals surface area (Å²) in [6.45, 7) is -0.976. The van der Waals surface area contributed by atoms with E-state index < -0.39 is 82.2 Å². The van der Waals surface area contributed by atoms with E-state index in [9.17, 15) is 50.4 Å². The SMILES string of the molecule is COc1cc(-c2oc3cc(O)cc(O)c3c(=O)c2OC2(C(=O)C=Cc3ccc(O)cc3)OC(CO)C(O)C(O)C2O)cc(OC)c1O. The van der Waals surface area contributed by atoms with Gasteiger partial charge in [-0.3, -0.25) is 9.59 Å². The third-order valence-electron chi connectivity index (χ3n) is 7.53. The van der Waals surface area contributed by atoms with Crippen LogP contribution >= 0.6 is 0 Å². The summed E-state index contributed by atoms with van der Waals surface area (Å²) in [4.78, 5) is 28.1. The third-order valence-corrected chi connectivity index (χ3v) is 7.53. The number of rotatable bonds is 9. The zero-order chi connectivity index (χ0) is 34.2. The quantitative estimate of drug-likeness (QED) is 0.118. The molecule has 5 atom stereocenters. The Labute approximate surface area is 264 Å². The van der Waals surface area contributed by atoms with Gasteiger partial charge >= 0.3 is 5.79 Å². The molecule has 0 bridgehead atoms. The van der Waals surface area contributed by atoms with Crippen molar-refractivity contribution in [2.45, 2.75) is 30.2 Å². The summed E-state index contributed by atoms with van der Waals surface area (Å²) in [5.41, 5.74) is -1.21. The van der Waals surface area contributed by atoms with Crippen molar-refractivity contribution in [1.82, 2.24) is 0 Å². The maximum atomic E-state index is 14.1. The molecule has 5 unspecified atom stereocenters. The first-order chi connectivity index (χ1) is 22.3. The minimum Gasteiger partial charge on any atom is -0.508 e. The molecule has 0 amide bonds. The lowest BCUT2D eigenvalue weighted by atomic mass is 9.89. The number of methoxy groups -OCH3 is 2. The Morgan fingerprint density at radius 3 is 2.15 bits per heavy atom. The van der Waals surface area contributed by atoms with Crippen LogP contribution in [0, 0.1) is 0 Å². The minimum absolute atomic E-state index is 0.0585. The molecule has 15 heteroatoms. The number of hydrogen-bond donors (Lipinski definition) is 8. The van der Waals surface area contributed by atoms with Crippen LogP contribution in [0.4, 0.5) is 0 Å². The van der Waals surface area contributed by atoms with Gasteiger partial charge in [0.1, 0.15) is 46.5 Å². The number of aliphatic hydroxyl groups excluding tert-OH is 4. The van der Waals surface area contributed by atoms with Crippen LogP contribution in [0.2, 0.25) is 0 Å². The Balaban J connectivity index is 1.79. The smallest absolute Gasteiger partial charge is 0.304 e. The van der Waals surface area contributed by atoms with Gasteiger partial charge in [-0.2, -0.15) is 0 Å². The second-order valence-corrected chi connectivity index (χ2v) is 10.5. The largest absolute Gasteiger partial charge is 0.508 e. The second kappa shape index (κ2) is 12.8. The van der Waals surface area contributed by atoms with Gasteiger partial charge < -0.3 is 64.2 Å². The van der Waals surface area contributed by atoms with E-state index in [4.69, 9.17) is 23.4 Å². The number of aliphatic hydroxyl groups is 4. The molecule has 4 aromatic rings. The number of phenolic OH excluding ortho intramolecular Hbond substituents is 4. The normalized spacial score (nSPS) is 22.8. The first kappa shape index (κ1) is 33.1. The summed E-state index contributed by atoms with van der Waals surface area (Å²) in [6, 6.07) is 9.80. The highest BCUT2D eigenvalue weighted by Gasteiger charge is 2.60. The fourth-order valence-electron chi connectivity index (χ4n) is 5.08. The number of carbonyl (C=O) groups excluding carboxylic acids is 1. The van der Waals surface area contributed by atoms with Crippen molar-refractivity contribution in [2.24, 2.45) is 0 Å². The molecule has 8 N–H and O–H groups in total. The van der Waals surface area contributed by atoms with E-state index in [0.29, 0.717) is 5.56 Å². The topological polar surface area (TPSA) is 246 Å². The first-order valence-electron chi connectivity index (χ1n) is 13.9. The summed E-state index contributed by atoms with van der Waals surface area (Å²) in [6.07, 6.45) is -6.10. The standard InChI is InChI=1S/C32H30O15/c1-43-20-9-15(10-21(44-2)25(20)38)29-30(27(40)24-18(36)11-17(35)12-19(24)45-29)47-32(31(42)28(41)26(39)22(13-33)46-32)23(37)8-5-14-3-6-16(34)7-4-14/h3-12,22,26,28,31,33-36,38-39,41-42H,13H2,1-2H3. The van der Waals surface area contributed by atoms with E-state index in [1.165, 1.54) is 56.7 Å². The highest BCUT2D eigenvalue weighted by molar-refractivity contribution is 6.00. The molecule has 1 saturated heterocycles.